The van der Waals surface area contributed by atoms with Crippen LogP contribution in [0.5, 0.6) is 11.5 Å². The van der Waals surface area contributed by atoms with E-state index < -0.39 is 0 Å². The molecule has 0 aliphatic rings. The molecule has 4 rings (SSSR count). The van der Waals surface area contributed by atoms with Crippen LogP contribution in [0.1, 0.15) is 10.4 Å². The molecule has 0 atom stereocenters. The van der Waals surface area contributed by atoms with Crippen molar-refractivity contribution >= 4 is 16.9 Å². The molecule has 0 radical (unpaired) electrons. The standard InChI is InChI=1S/C25H24FN3O4/c1-31-13-12-27-25(30)18-2-11-24-23(16-18)28-17-29(24)20-5-9-22(10-6-20)33-15-14-32-21-7-3-19(26)4-8-21/h2-11,16-17H,12-15H2,1H3,(H,27,30). The van der Waals surface area contributed by atoms with Gasteiger partial charge in [-0.05, 0) is 66.7 Å². The maximum Gasteiger partial charge on any atom is 0.251 e. The fourth-order valence-electron chi connectivity index (χ4n) is 3.28. The number of amides is 1. The highest BCUT2D eigenvalue weighted by atomic mass is 19.1. The summed E-state index contributed by atoms with van der Waals surface area (Å²) in [6.07, 6.45) is 1.73. The van der Waals surface area contributed by atoms with Crippen molar-refractivity contribution in [1.29, 1.82) is 0 Å². The van der Waals surface area contributed by atoms with E-state index in [1.54, 1.807) is 37.7 Å². The summed E-state index contributed by atoms with van der Waals surface area (Å²) in [4.78, 5) is 16.7. The Balaban J connectivity index is 1.35. The Hall–Kier alpha value is -3.91. The smallest absolute Gasteiger partial charge is 0.251 e. The Morgan fingerprint density at radius 1 is 0.939 bits per heavy atom. The van der Waals surface area contributed by atoms with Gasteiger partial charge in [0.05, 0.1) is 17.6 Å². The largest absolute Gasteiger partial charge is 0.490 e. The minimum atomic E-state index is -0.298. The molecule has 3 aromatic carbocycles. The molecule has 1 aromatic heterocycles. The summed E-state index contributed by atoms with van der Waals surface area (Å²) in [6.45, 7) is 1.62. The van der Waals surface area contributed by atoms with Crippen LogP contribution in [0.4, 0.5) is 4.39 Å². The fraction of sp³-hybridized carbons (Fsp3) is 0.200. The molecule has 4 aromatic rings. The molecule has 0 aliphatic heterocycles. The van der Waals surface area contributed by atoms with E-state index in [0.717, 1.165) is 16.7 Å². The third-order valence-electron chi connectivity index (χ3n) is 4.95. The van der Waals surface area contributed by atoms with Gasteiger partial charge in [-0.1, -0.05) is 0 Å². The predicted octanol–water partition coefficient (Wildman–Crippen LogP) is 4.00. The Labute approximate surface area is 190 Å². The third-order valence-corrected chi connectivity index (χ3v) is 4.95. The lowest BCUT2D eigenvalue weighted by atomic mass is 10.2. The van der Waals surface area contributed by atoms with E-state index in [9.17, 15) is 9.18 Å². The van der Waals surface area contributed by atoms with Gasteiger partial charge in [-0.25, -0.2) is 9.37 Å². The van der Waals surface area contributed by atoms with Gasteiger partial charge >= 0.3 is 0 Å². The Morgan fingerprint density at radius 3 is 2.27 bits per heavy atom. The molecular formula is C25H24FN3O4. The summed E-state index contributed by atoms with van der Waals surface area (Å²) in [6, 6.07) is 18.9. The van der Waals surface area contributed by atoms with Gasteiger partial charge in [-0.2, -0.15) is 0 Å². The number of hydrogen-bond acceptors (Lipinski definition) is 5. The van der Waals surface area contributed by atoms with Crippen LogP contribution >= 0.6 is 0 Å². The quantitative estimate of drug-likeness (QED) is 0.371. The number of carbonyl (C=O) groups is 1. The molecule has 1 heterocycles. The summed E-state index contributed by atoms with van der Waals surface area (Å²) in [5.74, 6) is 0.848. The molecule has 1 amide bonds. The van der Waals surface area contributed by atoms with Crippen LogP contribution < -0.4 is 14.8 Å². The van der Waals surface area contributed by atoms with Gasteiger partial charge in [0.15, 0.2) is 0 Å². The number of imidazole rings is 1. The summed E-state index contributed by atoms with van der Waals surface area (Å²) in [7, 11) is 1.59. The summed E-state index contributed by atoms with van der Waals surface area (Å²) >= 11 is 0. The van der Waals surface area contributed by atoms with Gasteiger partial charge in [0.2, 0.25) is 0 Å². The molecule has 7 nitrogen and oxygen atoms in total. The van der Waals surface area contributed by atoms with Crippen molar-refractivity contribution in [2.75, 3.05) is 33.5 Å². The van der Waals surface area contributed by atoms with Crippen LogP contribution in [0.2, 0.25) is 0 Å². The monoisotopic (exact) mass is 449 g/mol. The first kappa shape index (κ1) is 22.3. The number of methoxy groups -OCH3 is 1. The Kier molecular flexibility index (Phi) is 7.16. The van der Waals surface area contributed by atoms with Crippen LogP contribution in [-0.2, 0) is 4.74 Å². The molecule has 0 saturated carbocycles. The second kappa shape index (κ2) is 10.6. The number of ether oxygens (including phenoxy) is 3. The minimum Gasteiger partial charge on any atom is -0.490 e. The summed E-state index contributed by atoms with van der Waals surface area (Å²) < 4.78 is 31.1. The normalized spacial score (nSPS) is 10.8. The van der Waals surface area contributed by atoms with E-state index in [1.165, 1.54) is 12.1 Å². The number of halogens is 1. The van der Waals surface area contributed by atoms with Gasteiger partial charge < -0.3 is 19.5 Å². The number of nitrogens with one attached hydrogen (secondary N) is 1. The second-order valence-corrected chi connectivity index (χ2v) is 7.21. The third kappa shape index (κ3) is 5.67. The van der Waals surface area contributed by atoms with Crippen molar-refractivity contribution in [3.05, 3.63) is 84.4 Å². The Bertz CT molecular complexity index is 1210. The van der Waals surface area contributed by atoms with Crippen molar-refractivity contribution < 1.29 is 23.4 Å². The lowest BCUT2D eigenvalue weighted by Gasteiger charge is -2.10. The molecule has 8 heteroatoms. The van der Waals surface area contributed by atoms with Crippen LogP contribution in [-0.4, -0.2) is 48.9 Å². The van der Waals surface area contributed by atoms with Crippen molar-refractivity contribution in [3.63, 3.8) is 0 Å². The molecule has 0 unspecified atom stereocenters. The van der Waals surface area contributed by atoms with E-state index >= 15 is 0 Å². The van der Waals surface area contributed by atoms with E-state index in [1.807, 2.05) is 34.9 Å². The molecule has 0 spiro atoms. The highest BCUT2D eigenvalue weighted by Gasteiger charge is 2.10. The molecule has 0 bridgehead atoms. The molecule has 0 aliphatic carbocycles. The average molecular weight is 449 g/mol. The van der Waals surface area contributed by atoms with Crippen LogP contribution in [0.15, 0.2) is 73.1 Å². The molecule has 33 heavy (non-hydrogen) atoms. The van der Waals surface area contributed by atoms with E-state index in [-0.39, 0.29) is 11.7 Å². The van der Waals surface area contributed by atoms with Crippen LogP contribution in [0, 0.1) is 5.82 Å². The van der Waals surface area contributed by atoms with Gasteiger partial charge in [0, 0.05) is 24.9 Å². The van der Waals surface area contributed by atoms with Gasteiger partial charge in [0.25, 0.3) is 5.91 Å². The molecule has 0 saturated heterocycles. The van der Waals surface area contributed by atoms with Crippen molar-refractivity contribution in [2.45, 2.75) is 0 Å². The number of carbonyl (C=O) groups excluding carboxylic acids is 1. The molecule has 170 valence electrons. The highest BCUT2D eigenvalue weighted by molar-refractivity contribution is 5.97. The maximum atomic E-state index is 12.9. The van der Waals surface area contributed by atoms with Crippen molar-refractivity contribution in [1.82, 2.24) is 14.9 Å². The fourth-order valence-corrected chi connectivity index (χ4v) is 3.28. The van der Waals surface area contributed by atoms with E-state index in [0.29, 0.717) is 43.4 Å². The lowest BCUT2D eigenvalue weighted by Crippen LogP contribution is -2.26. The number of fused-ring (bicyclic) bond motifs is 1. The zero-order chi connectivity index (χ0) is 23.0. The van der Waals surface area contributed by atoms with Crippen LogP contribution in [0.3, 0.4) is 0 Å². The van der Waals surface area contributed by atoms with Crippen molar-refractivity contribution in [2.24, 2.45) is 0 Å². The maximum absolute atomic E-state index is 12.9. The first-order valence-electron chi connectivity index (χ1n) is 10.5. The predicted molar refractivity (Wildman–Crippen MR) is 123 cm³/mol. The second-order valence-electron chi connectivity index (χ2n) is 7.21. The number of nitrogens with zero attached hydrogens (tertiary/aromatic N) is 2. The zero-order valence-electron chi connectivity index (χ0n) is 18.2. The molecule has 1 N–H and O–H groups in total. The molecule has 0 fully saturated rings. The zero-order valence-corrected chi connectivity index (χ0v) is 18.2. The van der Waals surface area contributed by atoms with E-state index in [2.05, 4.69) is 10.3 Å². The average Bonchev–Trinajstić information content (AvgIpc) is 3.27. The summed E-state index contributed by atoms with van der Waals surface area (Å²) in [5, 5.41) is 2.81. The molecular weight excluding hydrogens is 425 g/mol. The Morgan fingerprint density at radius 2 is 1.61 bits per heavy atom. The SMILES string of the molecule is COCCNC(=O)c1ccc2c(c1)ncn2-c1ccc(OCCOc2ccc(F)cc2)cc1. The number of rotatable bonds is 10. The highest BCUT2D eigenvalue weighted by Crippen LogP contribution is 2.22. The number of aromatic nitrogens is 2. The topological polar surface area (TPSA) is 74.6 Å². The van der Waals surface area contributed by atoms with E-state index in [4.69, 9.17) is 14.2 Å². The van der Waals surface area contributed by atoms with Crippen LogP contribution in [0.25, 0.3) is 16.7 Å². The van der Waals surface area contributed by atoms with Crippen molar-refractivity contribution in [3.8, 4) is 17.2 Å². The van der Waals surface area contributed by atoms with Gasteiger partial charge in [-0.15, -0.1) is 0 Å². The van der Waals surface area contributed by atoms with Gasteiger partial charge in [0.1, 0.15) is 36.9 Å². The summed E-state index contributed by atoms with van der Waals surface area (Å²) in [5.41, 5.74) is 3.10. The minimum absolute atomic E-state index is 0.159. The first-order valence-corrected chi connectivity index (χ1v) is 10.5. The van der Waals surface area contributed by atoms with Gasteiger partial charge in [-0.3, -0.25) is 9.36 Å². The number of hydrogen-bond donors (Lipinski definition) is 1. The lowest BCUT2D eigenvalue weighted by molar-refractivity contribution is 0.0937. The number of benzene rings is 3. The first-order chi connectivity index (χ1) is 16.1.